The van der Waals surface area contributed by atoms with E-state index in [4.69, 9.17) is 0 Å². The van der Waals surface area contributed by atoms with Crippen LogP contribution < -0.4 is 0 Å². The third kappa shape index (κ3) is 3.95. The third-order valence-corrected chi connectivity index (χ3v) is 10.1. The van der Waals surface area contributed by atoms with E-state index in [9.17, 15) is 4.79 Å². The van der Waals surface area contributed by atoms with Gasteiger partial charge in [-0.3, -0.25) is 4.79 Å². The molecule has 5 fully saturated rings. The summed E-state index contributed by atoms with van der Waals surface area (Å²) in [5.74, 6) is 6.16. The van der Waals surface area contributed by atoms with E-state index in [2.05, 4.69) is 30.2 Å². The number of rotatable bonds is 4. The van der Waals surface area contributed by atoms with Gasteiger partial charge < -0.3 is 9.80 Å². The Bertz CT molecular complexity index is 652. The minimum atomic E-state index is -0.0211. The maximum atomic E-state index is 12.6. The van der Waals surface area contributed by atoms with Gasteiger partial charge in [0, 0.05) is 37.3 Å². The van der Waals surface area contributed by atoms with Gasteiger partial charge in [0.2, 0.25) is 5.91 Å². The number of amides is 1. The van der Waals surface area contributed by atoms with Crippen molar-refractivity contribution in [1.29, 1.82) is 0 Å². The van der Waals surface area contributed by atoms with E-state index in [1.807, 2.05) is 0 Å². The van der Waals surface area contributed by atoms with Crippen LogP contribution in [0.15, 0.2) is 12.3 Å². The molecule has 1 heterocycles. The Hall–Kier alpha value is -0.990. The highest BCUT2D eigenvalue weighted by Crippen LogP contribution is 2.51. The van der Waals surface area contributed by atoms with Gasteiger partial charge in [-0.2, -0.15) is 0 Å². The van der Waals surface area contributed by atoms with Gasteiger partial charge in [-0.05, 0) is 93.3 Å². The van der Waals surface area contributed by atoms with Crippen molar-refractivity contribution in [1.82, 2.24) is 9.80 Å². The first-order valence-corrected chi connectivity index (χ1v) is 13.2. The molecular weight excluding hydrogens is 368 g/mol. The molecule has 3 heteroatoms. The average Bonchev–Trinajstić information content (AvgIpc) is 3.34. The van der Waals surface area contributed by atoms with Crippen LogP contribution in [0.4, 0.5) is 0 Å². The van der Waals surface area contributed by atoms with Gasteiger partial charge in [0.1, 0.15) is 0 Å². The van der Waals surface area contributed by atoms with Crippen molar-refractivity contribution < 1.29 is 4.79 Å². The molecule has 168 valence electrons. The number of carbonyl (C=O) groups excluding carboxylic acids is 1. The van der Waals surface area contributed by atoms with E-state index in [1.165, 1.54) is 57.1 Å². The number of piperazine rings is 1. The molecule has 1 amide bonds. The van der Waals surface area contributed by atoms with Crippen molar-refractivity contribution >= 4 is 5.91 Å². The molecule has 5 aliphatic rings. The average molecular weight is 413 g/mol. The topological polar surface area (TPSA) is 23.6 Å². The molecule has 4 atom stereocenters. The lowest BCUT2D eigenvalue weighted by Crippen LogP contribution is -2.50. The predicted octanol–water partition coefficient (Wildman–Crippen LogP) is 5.71. The Kier molecular flexibility index (Phi) is 5.69. The molecule has 4 saturated carbocycles. The largest absolute Gasteiger partial charge is 0.372 e. The number of hydrogen-bond donors (Lipinski definition) is 0. The van der Waals surface area contributed by atoms with Crippen LogP contribution in [0.3, 0.4) is 0 Å². The first-order chi connectivity index (χ1) is 14.4. The van der Waals surface area contributed by atoms with E-state index < -0.39 is 0 Å². The molecule has 0 aromatic heterocycles. The number of hydrogen-bond acceptors (Lipinski definition) is 2. The summed E-state index contributed by atoms with van der Waals surface area (Å²) < 4.78 is 0. The lowest BCUT2D eigenvalue weighted by molar-refractivity contribution is -0.138. The fourth-order valence-electron chi connectivity index (χ4n) is 7.79. The summed E-state index contributed by atoms with van der Waals surface area (Å²) in [4.78, 5) is 17.3. The zero-order chi connectivity index (χ0) is 20.9. The van der Waals surface area contributed by atoms with Crippen molar-refractivity contribution in [2.75, 3.05) is 26.2 Å². The molecule has 0 aromatic rings. The summed E-state index contributed by atoms with van der Waals surface area (Å²) in [6.45, 7) is 13.0. The molecule has 1 saturated heterocycles. The Morgan fingerprint density at radius 3 is 2.17 bits per heavy atom. The molecule has 0 aromatic carbocycles. The SMILES string of the molecule is C=C(C1CCC(C2CC(C)C3CCCC3C2)CC1)N1CCN(C(=O)C2(C)CC2)CC1. The number of allylic oxidation sites excluding steroid dienone is 1. The highest BCUT2D eigenvalue weighted by atomic mass is 16.2. The minimum absolute atomic E-state index is 0.0211. The fraction of sp³-hybridized carbons (Fsp3) is 0.889. The zero-order valence-corrected chi connectivity index (χ0v) is 19.6. The summed E-state index contributed by atoms with van der Waals surface area (Å²) >= 11 is 0. The minimum Gasteiger partial charge on any atom is -0.372 e. The summed E-state index contributed by atoms with van der Waals surface area (Å²) in [6.07, 6.45) is 15.3. The van der Waals surface area contributed by atoms with Crippen LogP contribution in [0.5, 0.6) is 0 Å². The second-order valence-corrected chi connectivity index (χ2v) is 12.0. The Morgan fingerprint density at radius 2 is 1.50 bits per heavy atom. The summed E-state index contributed by atoms with van der Waals surface area (Å²) in [5.41, 5.74) is 1.36. The molecule has 0 radical (unpaired) electrons. The standard InChI is InChI=1S/C27H44N2O/c1-19-17-24(18-23-5-4-6-25(19)23)22-9-7-21(8-10-22)20(2)28-13-15-29(16-14-28)26(30)27(3)11-12-27/h19,21-25H,2,4-18H2,1,3H3. The molecule has 3 nitrogen and oxygen atoms in total. The van der Waals surface area contributed by atoms with Gasteiger partial charge in [0.25, 0.3) is 0 Å². The van der Waals surface area contributed by atoms with Crippen LogP contribution in [-0.4, -0.2) is 41.9 Å². The maximum absolute atomic E-state index is 12.6. The smallest absolute Gasteiger partial charge is 0.228 e. The Balaban J connectivity index is 1.08. The van der Waals surface area contributed by atoms with E-state index in [1.54, 1.807) is 6.42 Å². The van der Waals surface area contributed by atoms with E-state index in [0.29, 0.717) is 11.8 Å². The molecule has 30 heavy (non-hydrogen) atoms. The van der Waals surface area contributed by atoms with Gasteiger partial charge in [-0.1, -0.05) is 33.3 Å². The molecule has 1 aliphatic heterocycles. The van der Waals surface area contributed by atoms with E-state index in [0.717, 1.165) is 68.6 Å². The quantitative estimate of drug-likeness (QED) is 0.590. The summed E-state index contributed by atoms with van der Waals surface area (Å²) in [7, 11) is 0. The Labute approximate surface area is 184 Å². The highest BCUT2D eigenvalue weighted by molar-refractivity contribution is 5.85. The molecule has 4 unspecified atom stereocenters. The summed E-state index contributed by atoms with van der Waals surface area (Å²) in [5, 5.41) is 0. The zero-order valence-electron chi connectivity index (χ0n) is 19.6. The number of nitrogens with zero attached hydrogens (tertiary/aromatic N) is 2. The molecule has 0 spiro atoms. The third-order valence-electron chi connectivity index (χ3n) is 10.1. The summed E-state index contributed by atoms with van der Waals surface area (Å²) in [6, 6.07) is 0. The van der Waals surface area contributed by atoms with Crippen LogP contribution in [0.25, 0.3) is 0 Å². The van der Waals surface area contributed by atoms with Crippen molar-refractivity contribution in [3.8, 4) is 0 Å². The molecule has 5 rings (SSSR count). The van der Waals surface area contributed by atoms with Gasteiger partial charge in [-0.15, -0.1) is 0 Å². The van der Waals surface area contributed by atoms with Gasteiger partial charge in [0.15, 0.2) is 0 Å². The van der Waals surface area contributed by atoms with Crippen molar-refractivity contribution in [3.05, 3.63) is 12.3 Å². The van der Waals surface area contributed by atoms with Crippen LogP contribution in [0.1, 0.15) is 84.5 Å². The van der Waals surface area contributed by atoms with Crippen LogP contribution >= 0.6 is 0 Å². The van der Waals surface area contributed by atoms with Gasteiger partial charge >= 0.3 is 0 Å². The van der Waals surface area contributed by atoms with Crippen molar-refractivity contribution in [2.45, 2.75) is 84.5 Å². The van der Waals surface area contributed by atoms with Gasteiger partial charge in [0.05, 0.1) is 0 Å². The Morgan fingerprint density at radius 1 is 0.833 bits per heavy atom. The molecule has 0 bridgehead atoms. The monoisotopic (exact) mass is 412 g/mol. The second-order valence-electron chi connectivity index (χ2n) is 12.0. The van der Waals surface area contributed by atoms with Crippen LogP contribution in [0.2, 0.25) is 0 Å². The first kappa shape index (κ1) is 20.9. The maximum Gasteiger partial charge on any atom is 0.228 e. The second kappa shape index (κ2) is 8.17. The lowest BCUT2D eigenvalue weighted by Gasteiger charge is -2.44. The van der Waals surface area contributed by atoms with Crippen LogP contribution in [0, 0.1) is 40.9 Å². The molecule has 4 aliphatic carbocycles. The molecule has 0 N–H and O–H groups in total. The lowest BCUT2D eigenvalue weighted by atomic mass is 9.63. The van der Waals surface area contributed by atoms with Crippen molar-refractivity contribution in [2.24, 2.45) is 40.9 Å². The first-order valence-electron chi connectivity index (χ1n) is 13.2. The molecular formula is C27H44N2O. The highest BCUT2D eigenvalue weighted by Gasteiger charge is 2.47. The fourth-order valence-corrected chi connectivity index (χ4v) is 7.79. The van der Waals surface area contributed by atoms with Crippen molar-refractivity contribution in [3.63, 3.8) is 0 Å². The van der Waals surface area contributed by atoms with E-state index >= 15 is 0 Å². The van der Waals surface area contributed by atoms with Crippen LogP contribution in [-0.2, 0) is 4.79 Å². The number of fused-ring (bicyclic) bond motifs is 1. The normalized spacial score (nSPS) is 40.7. The number of carbonyl (C=O) groups is 1. The van der Waals surface area contributed by atoms with Gasteiger partial charge in [-0.25, -0.2) is 0 Å². The van der Waals surface area contributed by atoms with E-state index in [-0.39, 0.29) is 5.41 Å². The predicted molar refractivity (Wildman–Crippen MR) is 123 cm³/mol.